The van der Waals surface area contributed by atoms with Crippen LogP contribution < -0.4 is 4.72 Å². The van der Waals surface area contributed by atoms with Crippen LogP contribution in [0.15, 0.2) is 34.5 Å². The van der Waals surface area contributed by atoms with Crippen LogP contribution in [0.5, 0.6) is 0 Å². The van der Waals surface area contributed by atoms with Gasteiger partial charge >= 0.3 is 0 Å². The summed E-state index contributed by atoms with van der Waals surface area (Å²) in [5, 5.41) is 0.250. The number of nitrogens with zero attached hydrogens (tertiary/aromatic N) is 1. The maximum atomic E-state index is 12.4. The van der Waals surface area contributed by atoms with Crippen molar-refractivity contribution < 1.29 is 8.42 Å². The highest BCUT2D eigenvalue weighted by molar-refractivity contribution is 7.94. The summed E-state index contributed by atoms with van der Waals surface area (Å²) in [4.78, 5) is 2.48. The van der Waals surface area contributed by atoms with E-state index in [9.17, 15) is 8.42 Å². The number of hydrogen-bond acceptors (Lipinski definition) is 4. The summed E-state index contributed by atoms with van der Waals surface area (Å²) in [6.07, 6.45) is 2.32. The van der Waals surface area contributed by atoms with Gasteiger partial charge in [0.2, 0.25) is 0 Å². The number of benzene rings is 1. The molecule has 0 spiro atoms. The second-order valence-corrected chi connectivity index (χ2v) is 10.2. The number of halogens is 3. The summed E-state index contributed by atoms with van der Waals surface area (Å²) in [5.74, 6) is 0.520. The van der Waals surface area contributed by atoms with Crippen LogP contribution in [0.3, 0.4) is 0 Å². The van der Waals surface area contributed by atoms with Crippen molar-refractivity contribution in [2.45, 2.75) is 29.9 Å². The van der Waals surface area contributed by atoms with Crippen LogP contribution in [-0.2, 0) is 10.0 Å². The zero-order valence-corrected chi connectivity index (χ0v) is 18.2. The van der Waals surface area contributed by atoms with Crippen molar-refractivity contribution in [2.75, 3.05) is 24.4 Å². The molecule has 4 nitrogen and oxygen atoms in total. The molecule has 3 rings (SSSR count). The summed E-state index contributed by atoms with van der Waals surface area (Å²) < 4.78 is 27.8. The van der Waals surface area contributed by atoms with Gasteiger partial charge in [-0.25, -0.2) is 8.42 Å². The van der Waals surface area contributed by atoms with Crippen LogP contribution in [0.2, 0.25) is 9.36 Å². The van der Waals surface area contributed by atoms with Crippen LogP contribution in [0.25, 0.3) is 0 Å². The Hall–Kier alpha value is -0.500. The SMILES string of the molecule is CCCN1CC[C@@H](c2ccc(NS(=O)(=O)c3cc(Cl)c(Cl)s3)cc2)C1.Cl. The summed E-state index contributed by atoms with van der Waals surface area (Å²) in [7, 11) is -3.67. The van der Waals surface area contributed by atoms with Gasteiger partial charge in [-0.05, 0) is 55.6 Å². The van der Waals surface area contributed by atoms with Gasteiger partial charge < -0.3 is 4.90 Å². The lowest BCUT2D eigenvalue weighted by molar-refractivity contribution is 0.335. The average molecular weight is 456 g/mol. The first-order valence-corrected chi connectivity index (χ1v) is 11.2. The molecule has 1 aliphatic heterocycles. The Morgan fingerprint density at radius 2 is 1.96 bits per heavy atom. The van der Waals surface area contributed by atoms with Gasteiger partial charge in [-0.3, -0.25) is 4.72 Å². The minimum absolute atomic E-state index is 0. The van der Waals surface area contributed by atoms with Crippen molar-refractivity contribution in [3.05, 3.63) is 45.3 Å². The van der Waals surface area contributed by atoms with Crippen LogP contribution >= 0.6 is 46.9 Å². The average Bonchev–Trinajstić information content (AvgIpc) is 3.16. The van der Waals surface area contributed by atoms with E-state index in [0.29, 0.717) is 11.6 Å². The van der Waals surface area contributed by atoms with E-state index in [4.69, 9.17) is 23.2 Å². The third-order valence-electron chi connectivity index (χ3n) is 4.33. The molecule has 0 saturated carbocycles. The standard InChI is InChI=1S/C17H20Cl2N2O2S2.ClH/c1-2-8-21-9-7-13(11-21)12-3-5-14(6-4-12)20-25(22,23)16-10-15(18)17(19)24-16;/h3-6,10,13,20H,2,7-9,11H2,1H3;1H/t13-;/m1./s1. The number of hydrogen-bond donors (Lipinski definition) is 1. The lowest BCUT2D eigenvalue weighted by Crippen LogP contribution is -2.20. The van der Waals surface area contributed by atoms with Gasteiger partial charge in [0.05, 0.1) is 5.02 Å². The van der Waals surface area contributed by atoms with Crippen molar-refractivity contribution >= 4 is 62.7 Å². The van der Waals surface area contributed by atoms with Gasteiger partial charge in [0.1, 0.15) is 8.55 Å². The Labute approximate surface area is 175 Å². The number of thiophene rings is 1. The number of anilines is 1. The molecular weight excluding hydrogens is 435 g/mol. The molecule has 0 bridgehead atoms. The molecule has 0 unspecified atom stereocenters. The van der Waals surface area contributed by atoms with E-state index in [1.165, 1.54) is 18.1 Å². The largest absolute Gasteiger partial charge is 0.303 e. The third-order valence-corrected chi connectivity index (χ3v) is 8.05. The number of nitrogens with one attached hydrogen (secondary N) is 1. The van der Waals surface area contributed by atoms with E-state index in [2.05, 4.69) is 16.5 Å². The predicted octanol–water partition coefficient (Wildman–Crippen LogP) is 5.48. The second-order valence-electron chi connectivity index (χ2n) is 6.20. The summed E-state index contributed by atoms with van der Waals surface area (Å²) in [6, 6.07) is 9.00. The maximum absolute atomic E-state index is 12.4. The van der Waals surface area contributed by atoms with E-state index in [0.717, 1.165) is 37.4 Å². The molecule has 9 heteroatoms. The van der Waals surface area contributed by atoms with Crippen molar-refractivity contribution in [3.63, 3.8) is 0 Å². The zero-order valence-electron chi connectivity index (χ0n) is 14.2. The van der Waals surface area contributed by atoms with Crippen LogP contribution in [0, 0.1) is 0 Å². The first-order chi connectivity index (χ1) is 11.9. The Kier molecular flexibility index (Phi) is 7.65. The monoisotopic (exact) mass is 454 g/mol. The molecule has 0 amide bonds. The van der Waals surface area contributed by atoms with Crippen LogP contribution in [0.1, 0.15) is 31.2 Å². The minimum Gasteiger partial charge on any atom is -0.303 e. The summed E-state index contributed by atoms with van der Waals surface area (Å²) >= 11 is 12.7. The van der Waals surface area contributed by atoms with Gasteiger partial charge in [0.15, 0.2) is 0 Å². The van der Waals surface area contributed by atoms with Crippen molar-refractivity contribution in [1.29, 1.82) is 0 Å². The van der Waals surface area contributed by atoms with Crippen molar-refractivity contribution in [2.24, 2.45) is 0 Å². The van der Waals surface area contributed by atoms with Crippen molar-refractivity contribution in [1.82, 2.24) is 4.90 Å². The minimum atomic E-state index is -3.67. The lowest BCUT2D eigenvalue weighted by atomic mass is 9.98. The van der Waals surface area contributed by atoms with Gasteiger partial charge in [-0.1, -0.05) is 42.3 Å². The molecule has 1 fully saturated rings. The smallest absolute Gasteiger partial charge is 0.271 e. The van der Waals surface area contributed by atoms with Gasteiger partial charge in [-0.2, -0.15) is 0 Å². The van der Waals surface area contributed by atoms with Crippen LogP contribution in [-0.4, -0.2) is 33.0 Å². The molecule has 0 radical (unpaired) electrons. The molecule has 2 heterocycles. The first kappa shape index (κ1) is 21.8. The predicted molar refractivity (Wildman–Crippen MR) is 113 cm³/mol. The molecule has 1 atom stereocenters. The van der Waals surface area contributed by atoms with E-state index in [-0.39, 0.29) is 26.0 Å². The molecular formula is C17H21Cl3N2O2S2. The summed E-state index contributed by atoms with van der Waals surface area (Å²) in [6.45, 7) is 5.54. The molecule has 26 heavy (non-hydrogen) atoms. The molecule has 144 valence electrons. The maximum Gasteiger partial charge on any atom is 0.271 e. The fraction of sp³-hybridized carbons (Fsp3) is 0.412. The Bertz CT molecular complexity index is 819. The molecule has 1 aromatic heterocycles. The van der Waals surface area contributed by atoms with E-state index < -0.39 is 10.0 Å². The number of likely N-dealkylation sites (tertiary alicyclic amines) is 1. The van der Waals surface area contributed by atoms with Gasteiger partial charge in [0, 0.05) is 12.2 Å². The van der Waals surface area contributed by atoms with Crippen LogP contribution in [0.4, 0.5) is 5.69 Å². The zero-order chi connectivity index (χ0) is 18.0. The highest BCUT2D eigenvalue weighted by Crippen LogP contribution is 2.35. The van der Waals surface area contributed by atoms with Gasteiger partial charge in [-0.15, -0.1) is 23.7 Å². The topological polar surface area (TPSA) is 49.4 Å². The van der Waals surface area contributed by atoms with E-state index >= 15 is 0 Å². The molecule has 1 aliphatic rings. The Morgan fingerprint density at radius 1 is 1.27 bits per heavy atom. The molecule has 2 aromatic rings. The number of rotatable bonds is 6. The third kappa shape index (κ3) is 5.06. The van der Waals surface area contributed by atoms with E-state index in [1.54, 1.807) is 0 Å². The highest BCUT2D eigenvalue weighted by Gasteiger charge is 2.23. The molecule has 1 saturated heterocycles. The molecule has 1 aromatic carbocycles. The van der Waals surface area contributed by atoms with Gasteiger partial charge in [0.25, 0.3) is 10.0 Å². The Balaban J connectivity index is 0.00000243. The van der Waals surface area contributed by atoms with Crippen molar-refractivity contribution in [3.8, 4) is 0 Å². The molecule has 0 aliphatic carbocycles. The quantitative estimate of drug-likeness (QED) is 0.627. The normalized spacial score (nSPS) is 17.9. The summed E-state index contributed by atoms with van der Waals surface area (Å²) in [5.41, 5.74) is 1.79. The Morgan fingerprint density at radius 3 is 2.54 bits per heavy atom. The fourth-order valence-electron chi connectivity index (χ4n) is 3.11. The van der Waals surface area contributed by atoms with E-state index in [1.807, 2.05) is 24.3 Å². The molecule has 1 N–H and O–H groups in total. The highest BCUT2D eigenvalue weighted by atomic mass is 35.5. The lowest BCUT2D eigenvalue weighted by Gasteiger charge is -2.15. The fourth-order valence-corrected chi connectivity index (χ4v) is 6.05. The second kappa shape index (κ2) is 9.13. The number of sulfonamides is 1. The first-order valence-electron chi connectivity index (χ1n) is 8.19.